The van der Waals surface area contributed by atoms with Gasteiger partial charge in [-0.05, 0) is 55.2 Å². The van der Waals surface area contributed by atoms with Gasteiger partial charge in [-0.1, -0.05) is 19.3 Å². The van der Waals surface area contributed by atoms with Crippen molar-refractivity contribution >= 4 is 21.6 Å². The first-order chi connectivity index (χ1) is 14.5. The van der Waals surface area contributed by atoms with Gasteiger partial charge in [0, 0.05) is 18.9 Å². The van der Waals surface area contributed by atoms with Crippen LogP contribution in [0.5, 0.6) is 5.75 Å². The van der Waals surface area contributed by atoms with Gasteiger partial charge in [0.15, 0.2) is 21.4 Å². The average Bonchev–Trinajstić information content (AvgIpc) is 2.78. The van der Waals surface area contributed by atoms with Crippen molar-refractivity contribution in [2.24, 2.45) is 5.92 Å². The van der Waals surface area contributed by atoms with Gasteiger partial charge < -0.3 is 14.8 Å². The van der Waals surface area contributed by atoms with E-state index in [0.717, 1.165) is 0 Å². The smallest absolute Gasteiger partial charge is 0.256 e. The van der Waals surface area contributed by atoms with Crippen LogP contribution < -0.4 is 10.1 Å². The second-order valence-corrected chi connectivity index (χ2v) is 9.56. The number of amides is 1. The predicted molar refractivity (Wildman–Crippen MR) is 115 cm³/mol. The Balaban J connectivity index is 1.64. The molecule has 1 heterocycles. The van der Waals surface area contributed by atoms with E-state index in [9.17, 15) is 13.2 Å². The molecule has 1 N–H and O–H groups in total. The van der Waals surface area contributed by atoms with Crippen LogP contribution >= 0.6 is 0 Å². The van der Waals surface area contributed by atoms with E-state index < -0.39 is 9.84 Å². The van der Waals surface area contributed by atoms with E-state index in [1.807, 2.05) is 0 Å². The maximum Gasteiger partial charge on any atom is 0.256 e. The van der Waals surface area contributed by atoms with Gasteiger partial charge >= 0.3 is 0 Å². The fraction of sp³-hybridized carbons (Fsp3) is 0.455. The Kier molecular flexibility index (Phi) is 7.81. The van der Waals surface area contributed by atoms with Crippen LogP contribution in [0, 0.1) is 5.92 Å². The van der Waals surface area contributed by atoms with E-state index in [1.54, 1.807) is 18.3 Å². The molecule has 0 unspecified atom stereocenters. The molecule has 162 valence electrons. The first-order valence-corrected chi connectivity index (χ1v) is 11.9. The molecule has 1 aliphatic carbocycles. The van der Waals surface area contributed by atoms with Gasteiger partial charge in [0.25, 0.3) is 5.91 Å². The van der Waals surface area contributed by atoms with E-state index in [4.69, 9.17) is 9.47 Å². The number of aromatic nitrogens is 1. The van der Waals surface area contributed by atoms with Crippen LogP contribution in [0.2, 0.25) is 0 Å². The number of rotatable bonds is 9. The van der Waals surface area contributed by atoms with Crippen LogP contribution in [-0.2, 0) is 14.6 Å². The zero-order valence-electron chi connectivity index (χ0n) is 17.2. The molecule has 0 radical (unpaired) electrons. The van der Waals surface area contributed by atoms with Crippen molar-refractivity contribution in [3.63, 3.8) is 0 Å². The Morgan fingerprint density at radius 3 is 2.57 bits per heavy atom. The van der Waals surface area contributed by atoms with Crippen LogP contribution in [0.3, 0.4) is 0 Å². The molecule has 1 aromatic heterocycles. The minimum atomic E-state index is -3.44. The summed E-state index contributed by atoms with van der Waals surface area (Å²) in [5.41, 5.74) is 0.338. The second-order valence-electron chi connectivity index (χ2n) is 7.46. The molecule has 3 rings (SSSR count). The molecule has 1 aromatic carbocycles. The number of nitrogens with one attached hydrogen (secondary N) is 1. The van der Waals surface area contributed by atoms with E-state index in [1.165, 1.54) is 63.5 Å². The summed E-state index contributed by atoms with van der Waals surface area (Å²) in [5, 5.41) is 2.76. The maximum absolute atomic E-state index is 12.6. The van der Waals surface area contributed by atoms with Crippen molar-refractivity contribution in [3.05, 3.63) is 48.2 Å². The average molecular weight is 433 g/mol. The van der Waals surface area contributed by atoms with Crippen molar-refractivity contribution in [1.82, 2.24) is 4.98 Å². The monoisotopic (exact) mass is 432 g/mol. The van der Waals surface area contributed by atoms with Crippen LogP contribution in [0.4, 0.5) is 5.82 Å². The molecule has 2 aromatic rings. The van der Waals surface area contributed by atoms with E-state index in [2.05, 4.69) is 10.3 Å². The predicted octanol–water partition coefficient (Wildman–Crippen LogP) is 3.71. The number of carbonyl (C=O) groups excluding carboxylic acids is 1. The SMILES string of the molecule is COCCS(=O)(=O)c1ccc(C(=O)Nc2ncccc2OCC2CCCCC2)cc1. The number of benzene rings is 1. The summed E-state index contributed by atoms with van der Waals surface area (Å²) in [7, 11) is -1.99. The lowest BCUT2D eigenvalue weighted by molar-refractivity contribution is 0.102. The van der Waals surface area contributed by atoms with Gasteiger partial charge in [-0.3, -0.25) is 4.79 Å². The third kappa shape index (κ3) is 6.03. The van der Waals surface area contributed by atoms with E-state index in [-0.39, 0.29) is 23.2 Å². The Labute approximate surface area is 177 Å². The highest BCUT2D eigenvalue weighted by Gasteiger charge is 2.18. The number of carbonyl (C=O) groups is 1. The molecule has 1 aliphatic rings. The van der Waals surface area contributed by atoms with Crippen LogP contribution in [0.15, 0.2) is 47.5 Å². The Hall–Kier alpha value is -2.45. The summed E-state index contributed by atoms with van der Waals surface area (Å²) < 4.78 is 35.2. The fourth-order valence-electron chi connectivity index (χ4n) is 3.47. The maximum atomic E-state index is 12.6. The minimum absolute atomic E-state index is 0.106. The molecule has 1 saturated carbocycles. The fourth-order valence-corrected chi connectivity index (χ4v) is 4.64. The zero-order chi connectivity index (χ0) is 21.4. The summed E-state index contributed by atoms with van der Waals surface area (Å²) in [6.45, 7) is 0.733. The summed E-state index contributed by atoms with van der Waals surface area (Å²) in [5.74, 6) is 0.947. The molecule has 0 spiro atoms. The number of hydrogen-bond acceptors (Lipinski definition) is 6. The number of methoxy groups -OCH3 is 1. The van der Waals surface area contributed by atoms with Gasteiger partial charge in [-0.25, -0.2) is 13.4 Å². The van der Waals surface area contributed by atoms with E-state index >= 15 is 0 Å². The molecular formula is C22H28N2O5S. The van der Waals surface area contributed by atoms with Crippen LogP contribution in [-0.4, -0.2) is 45.4 Å². The highest BCUT2D eigenvalue weighted by Crippen LogP contribution is 2.27. The lowest BCUT2D eigenvalue weighted by Crippen LogP contribution is -2.18. The Bertz CT molecular complexity index is 938. The molecule has 1 amide bonds. The molecule has 8 heteroatoms. The third-order valence-corrected chi connectivity index (χ3v) is 6.93. The van der Waals surface area contributed by atoms with Gasteiger partial charge in [0.05, 0.1) is 23.9 Å². The molecular weight excluding hydrogens is 404 g/mol. The number of anilines is 1. The molecule has 30 heavy (non-hydrogen) atoms. The van der Waals surface area contributed by atoms with Crippen LogP contribution in [0.1, 0.15) is 42.5 Å². The normalized spacial score (nSPS) is 15.0. The van der Waals surface area contributed by atoms with Crippen molar-refractivity contribution in [2.45, 2.75) is 37.0 Å². The number of nitrogens with zero attached hydrogens (tertiary/aromatic N) is 1. The summed E-state index contributed by atoms with van der Waals surface area (Å²) in [6.07, 6.45) is 7.69. The van der Waals surface area contributed by atoms with Gasteiger partial charge in [0.2, 0.25) is 0 Å². The Morgan fingerprint density at radius 2 is 1.87 bits per heavy atom. The quantitative estimate of drug-likeness (QED) is 0.649. The van der Waals surface area contributed by atoms with Crippen molar-refractivity contribution < 1.29 is 22.7 Å². The lowest BCUT2D eigenvalue weighted by atomic mass is 9.90. The molecule has 0 atom stereocenters. The number of hydrogen-bond donors (Lipinski definition) is 1. The molecule has 0 aliphatic heterocycles. The highest BCUT2D eigenvalue weighted by atomic mass is 32.2. The minimum Gasteiger partial charge on any atom is -0.489 e. The first kappa shape index (κ1) is 22.2. The molecule has 0 saturated heterocycles. The number of pyridine rings is 1. The van der Waals surface area contributed by atoms with Crippen molar-refractivity contribution in [3.8, 4) is 5.75 Å². The highest BCUT2D eigenvalue weighted by molar-refractivity contribution is 7.91. The van der Waals surface area contributed by atoms with Gasteiger partial charge in [-0.15, -0.1) is 0 Å². The lowest BCUT2D eigenvalue weighted by Gasteiger charge is -2.22. The standard InChI is InChI=1S/C22H28N2O5S/c1-28-14-15-30(26,27)19-11-9-18(10-12-19)22(25)24-21-20(8-5-13-23-21)29-16-17-6-3-2-4-7-17/h5,8-13,17H,2-4,6-7,14-16H2,1H3,(H,23,24,25). The molecule has 1 fully saturated rings. The van der Waals surface area contributed by atoms with Gasteiger partial charge in [0.1, 0.15) is 0 Å². The Morgan fingerprint density at radius 1 is 1.13 bits per heavy atom. The number of ether oxygens (including phenoxy) is 2. The number of sulfone groups is 1. The zero-order valence-corrected chi connectivity index (χ0v) is 18.0. The van der Waals surface area contributed by atoms with E-state index in [0.29, 0.717) is 29.7 Å². The first-order valence-electron chi connectivity index (χ1n) is 10.2. The van der Waals surface area contributed by atoms with Crippen molar-refractivity contribution in [1.29, 1.82) is 0 Å². The molecule has 0 bridgehead atoms. The van der Waals surface area contributed by atoms with Crippen LogP contribution in [0.25, 0.3) is 0 Å². The van der Waals surface area contributed by atoms with Gasteiger partial charge in [-0.2, -0.15) is 0 Å². The summed E-state index contributed by atoms with van der Waals surface area (Å²) >= 11 is 0. The third-order valence-electron chi connectivity index (χ3n) is 5.23. The summed E-state index contributed by atoms with van der Waals surface area (Å²) in [4.78, 5) is 17.0. The largest absolute Gasteiger partial charge is 0.489 e. The summed E-state index contributed by atoms with van der Waals surface area (Å²) in [6, 6.07) is 9.39. The molecule has 7 nitrogen and oxygen atoms in total. The second kappa shape index (κ2) is 10.5. The topological polar surface area (TPSA) is 94.6 Å². The van der Waals surface area contributed by atoms with Crippen molar-refractivity contribution in [2.75, 3.05) is 31.4 Å².